The van der Waals surface area contributed by atoms with Gasteiger partial charge in [0.05, 0.1) is 23.4 Å². The zero-order valence-electron chi connectivity index (χ0n) is 12.4. The van der Waals surface area contributed by atoms with Crippen LogP contribution < -0.4 is 10.6 Å². The summed E-state index contributed by atoms with van der Waals surface area (Å²) < 4.78 is 7.88. The Balaban J connectivity index is 1.63. The largest absolute Gasteiger partial charge is 0.382 e. The van der Waals surface area contributed by atoms with Crippen molar-refractivity contribution in [3.63, 3.8) is 0 Å². The van der Waals surface area contributed by atoms with Crippen LogP contribution in [0.3, 0.4) is 0 Å². The lowest BCUT2D eigenvalue weighted by atomic mass is 10.1. The van der Waals surface area contributed by atoms with E-state index in [4.69, 9.17) is 4.74 Å². The second kappa shape index (κ2) is 6.96. The summed E-state index contributed by atoms with van der Waals surface area (Å²) in [5.74, 6) is 0. The Bertz CT molecular complexity index is 596. The van der Waals surface area contributed by atoms with E-state index in [1.54, 1.807) is 23.1 Å². The van der Waals surface area contributed by atoms with E-state index in [2.05, 4.69) is 47.0 Å². The predicted octanol–water partition coefficient (Wildman–Crippen LogP) is 3.20. The van der Waals surface area contributed by atoms with Crippen LogP contribution in [0.1, 0.15) is 13.3 Å². The van der Waals surface area contributed by atoms with Gasteiger partial charge in [-0.05, 0) is 37.8 Å². The third-order valence-electron chi connectivity index (χ3n) is 3.59. The van der Waals surface area contributed by atoms with E-state index in [-0.39, 0.29) is 0 Å². The van der Waals surface area contributed by atoms with Crippen molar-refractivity contribution in [2.24, 2.45) is 0 Å². The molecular weight excluding hydrogens is 302 g/mol. The van der Waals surface area contributed by atoms with Crippen LogP contribution >= 0.6 is 23.1 Å². The molecule has 0 aliphatic carbocycles. The molecule has 6 heteroatoms. The summed E-state index contributed by atoms with van der Waals surface area (Å²) in [5, 5.41) is 7.09. The van der Waals surface area contributed by atoms with E-state index >= 15 is 0 Å². The van der Waals surface area contributed by atoms with Crippen molar-refractivity contribution in [2.75, 3.05) is 31.3 Å². The number of thioether (sulfide) groups is 1. The minimum atomic E-state index is 0.412. The first-order valence-electron chi connectivity index (χ1n) is 7.27. The molecule has 3 rings (SSSR count). The molecule has 0 bridgehead atoms. The van der Waals surface area contributed by atoms with E-state index in [1.165, 1.54) is 10.4 Å². The predicted molar refractivity (Wildman–Crippen MR) is 91.7 cm³/mol. The normalized spacial score (nSPS) is 20.6. The highest BCUT2D eigenvalue weighted by molar-refractivity contribution is 8.00. The molecule has 2 atom stereocenters. The zero-order valence-corrected chi connectivity index (χ0v) is 14.0. The van der Waals surface area contributed by atoms with Gasteiger partial charge in [-0.25, -0.2) is 4.98 Å². The maximum absolute atomic E-state index is 5.51. The molecule has 2 aromatic rings. The molecule has 0 spiro atoms. The zero-order chi connectivity index (χ0) is 14.7. The first kappa shape index (κ1) is 15.1. The van der Waals surface area contributed by atoms with Crippen LogP contribution in [0.4, 0.5) is 5.69 Å². The van der Waals surface area contributed by atoms with Gasteiger partial charge in [0, 0.05) is 24.3 Å². The number of benzene rings is 1. The smallest absolute Gasteiger partial charge is 0.150 e. The molecule has 1 fully saturated rings. The van der Waals surface area contributed by atoms with Crippen LogP contribution in [0, 0.1) is 0 Å². The number of nitrogens with one attached hydrogen (secondary N) is 2. The Labute approximate surface area is 133 Å². The van der Waals surface area contributed by atoms with Gasteiger partial charge in [-0.2, -0.15) is 0 Å². The SMILES string of the molecule is CSc1nc2ccc(NC(C)CC3COCCN3)cc2s1. The lowest BCUT2D eigenvalue weighted by molar-refractivity contribution is 0.0731. The fraction of sp³-hybridized carbons (Fsp3) is 0.533. The Morgan fingerprint density at radius 1 is 1.57 bits per heavy atom. The molecule has 2 heterocycles. The van der Waals surface area contributed by atoms with Crippen LogP contribution in [-0.4, -0.2) is 43.1 Å². The molecule has 1 saturated heterocycles. The topological polar surface area (TPSA) is 46.2 Å². The highest BCUT2D eigenvalue weighted by Crippen LogP contribution is 2.30. The molecule has 114 valence electrons. The minimum absolute atomic E-state index is 0.412. The van der Waals surface area contributed by atoms with E-state index in [1.807, 2.05) is 0 Å². The maximum Gasteiger partial charge on any atom is 0.150 e. The van der Waals surface area contributed by atoms with Gasteiger partial charge in [0.1, 0.15) is 0 Å². The number of rotatable bonds is 5. The van der Waals surface area contributed by atoms with Gasteiger partial charge >= 0.3 is 0 Å². The number of hydrogen-bond donors (Lipinski definition) is 2. The standard InChI is InChI=1S/C15H21N3OS2/c1-10(7-12-9-19-6-5-16-12)17-11-3-4-13-14(8-11)21-15(18-13)20-2/h3-4,8,10,12,16-17H,5-7,9H2,1-2H3. The van der Waals surface area contributed by atoms with Gasteiger partial charge in [-0.15, -0.1) is 11.3 Å². The van der Waals surface area contributed by atoms with E-state index in [9.17, 15) is 0 Å². The number of anilines is 1. The van der Waals surface area contributed by atoms with Crippen LogP contribution in [0.5, 0.6) is 0 Å². The molecule has 2 N–H and O–H groups in total. The molecule has 21 heavy (non-hydrogen) atoms. The van der Waals surface area contributed by atoms with Gasteiger partial charge in [0.15, 0.2) is 4.34 Å². The Kier molecular flexibility index (Phi) is 5.00. The number of hydrogen-bond acceptors (Lipinski definition) is 6. The molecule has 4 nitrogen and oxygen atoms in total. The van der Waals surface area contributed by atoms with Crippen LogP contribution in [0.15, 0.2) is 22.5 Å². The second-order valence-electron chi connectivity index (χ2n) is 5.37. The van der Waals surface area contributed by atoms with Gasteiger partial charge < -0.3 is 15.4 Å². The summed E-state index contributed by atoms with van der Waals surface area (Å²) in [6.45, 7) is 4.83. The van der Waals surface area contributed by atoms with Crippen LogP contribution in [-0.2, 0) is 4.74 Å². The summed E-state index contributed by atoms with van der Waals surface area (Å²) in [4.78, 5) is 4.57. The summed E-state index contributed by atoms with van der Waals surface area (Å²) in [6, 6.07) is 7.29. The summed E-state index contributed by atoms with van der Waals surface area (Å²) >= 11 is 3.46. The molecule has 0 saturated carbocycles. The molecule has 1 aliphatic rings. The highest BCUT2D eigenvalue weighted by Gasteiger charge is 2.16. The average Bonchev–Trinajstić information content (AvgIpc) is 2.90. The number of aromatic nitrogens is 1. The van der Waals surface area contributed by atoms with Crippen molar-refractivity contribution in [1.82, 2.24) is 10.3 Å². The second-order valence-corrected chi connectivity index (χ2v) is 7.46. The monoisotopic (exact) mass is 323 g/mol. The number of thiazole rings is 1. The molecule has 1 aliphatic heterocycles. The quantitative estimate of drug-likeness (QED) is 0.828. The highest BCUT2D eigenvalue weighted by atomic mass is 32.2. The van der Waals surface area contributed by atoms with Gasteiger partial charge in [0.2, 0.25) is 0 Å². The van der Waals surface area contributed by atoms with E-state index < -0.39 is 0 Å². The van der Waals surface area contributed by atoms with Crippen molar-refractivity contribution >= 4 is 39.0 Å². The minimum Gasteiger partial charge on any atom is -0.382 e. The number of morpholine rings is 1. The van der Waals surface area contributed by atoms with Crippen molar-refractivity contribution in [1.29, 1.82) is 0 Å². The van der Waals surface area contributed by atoms with Crippen molar-refractivity contribution in [3.8, 4) is 0 Å². The van der Waals surface area contributed by atoms with Crippen LogP contribution in [0.25, 0.3) is 10.2 Å². The van der Waals surface area contributed by atoms with E-state index in [0.29, 0.717) is 12.1 Å². The average molecular weight is 323 g/mol. The van der Waals surface area contributed by atoms with Gasteiger partial charge in [-0.1, -0.05) is 11.8 Å². The van der Waals surface area contributed by atoms with Crippen molar-refractivity contribution < 1.29 is 4.74 Å². The first-order chi connectivity index (χ1) is 10.2. The summed E-state index contributed by atoms with van der Waals surface area (Å²) in [7, 11) is 0. The number of nitrogens with zero attached hydrogens (tertiary/aromatic N) is 1. The molecule has 2 unspecified atom stereocenters. The van der Waals surface area contributed by atoms with Crippen molar-refractivity contribution in [3.05, 3.63) is 18.2 Å². The third-order valence-corrected chi connectivity index (χ3v) is 5.60. The summed E-state index contributed by atoms with van der Waals surface area (Å²) in [6.07, 6.45) is 3.13. The van der Waals surface area contributed by atoms with Gasteiger partial charge in [-0.3, -0.25) is 0 Å². The summed E-state index contributed by atoms with van der Waals surface area (Å²) in [5.41, 5.74) is 2.26. The number of ether oxygens (including phenoxy) is 1. The Hall–Kier alpha value is -0.820. The van der Waals surface area contributed by atoms with Crippen LogP contribution in [0.2, 0.25) is 0 Å². The molecule has 0 amide bonds. The Morgan fingerprint density at radius 3 is 3.24 bits per heavy atom. The lowest BCUT2D eigenvalue weighted by Crippen LogP contribution is -2.43. The molecule has 0 radical (unpaired) electrons. The lowest BCUT2D eigenvalue weighted by Gasteiger charge is -2.27. The molecule has 1 aromatic heterocycles. The molecule has 1 aromatic carbocycles. The van der Waals surface area contributed by atoms with E-state index in [0.717, 1.165) is 36.0 Å². The fourth-order valence-electron chi connectivity index (χ4n) is 2.62. The number of fused-ring (bicyclic) bond motifs is 1. The van der Waals surface area contributed by atoms with Gasteiger partial charge in [0.25, 0.3) is 0 Å². The first-order valence-corrected chi connectivity index (χ1v) is 9.31. The third kappa shape index (κ3) is 3.88. The van der Waals surface area contributed by atoms with Crippen molar-refractivity contribution in [2.45, 2.75) is 29.8 Å². The maximum atomic E-state index is 5.51. The molecular formula is C15H21N3OS2. The Morgan fingerprint density at radius 2 is 2.48 bits per heavy atom. The fourth-order valence-corrected chi connectivity index (χ4v) is 4.15.